The van der Waals surface area contributed by atoms with E-state index in [1.165, 1.54) is 13.0 Å². The summed E-state index contributed by atoms with van der Waals surface area (Å²) in [6.45, 7) is 3.61. The van der Waals surface area contributed by atoms with Gasteiger partial charge in [-0.15, -0.1) is 0 Å². The van der Waals surface area contributed by atoms with Crippen molar-refractivity contribution in [3.63, 3.8) is 0 Å². The van der Waals surface area contributed by atoms with Gasteiger partial charge in [-0.2, -0.15) is 0 Å². The van der Waals surface area contributed by atoms with Crippen LogP contribution in [0.5, 0.6) is 0 Å². The number of primary amides is 1. The lowest BCUT2D eigenvalue weighted by atomic mass is 9.84. The number of ketones is 4. The number of ether oxygens (including phenoxy) is 3. The second-order valence-corrected chi connectivity index (χ2v) is 26.0. The van der Waals surface area contributed by atoms with Crippen molar-refractivity contribution >= 4 is 142 Å². The van der Waals surface area contributed by atoms with Gasteiger partial charge in [0.25, 0.3) is 12.9 Å². The molecule has 15 N–H and O–H groups in total. The fraction of sp³-hybridized carbons (Fsp3) is 0.627. The van der Waals surface area contributed by atoms with Gasteiger partial charge in [-0.1, -0.05) is 95.3 Å². The number of cyclic esters (lactones) is 1. The lowest BCUT2D eigenvalue weighted by molar-refractivity contribution is -0.156. The molecule has 1 aromatic carbocycles. The van der Waals surface area contributed by atoms with Crippen LogP contribution in [-0.2, 0) is 101 Å². The number of rotatable bonds is 36. The predicted octanol–water partition coefficient (Wildman–Crippen LogP) is -0.555. The highest BCUT2D eigenvalue weighted by Crippen LogP contribution is 2.32. The van der Waals surface area contributed by atoms with Crippen LogP contribution in [0.15, 0.2) is 12.1 Å². The summed E-state index contributed by atoms with van der Waals surface area (Å²) in [5.41, 5.74) is 5.14. The van der Waals surface area contributed by atoms with Crippen molar-refractivity contribution in [1.29, 1.82) is 0 Å². The minimum Gasteiger partial charge on any atom is -0.481 e. The van der Waals surface area contributed by atoms with Crippen molar-refractivity contribution in [2.24, 2.45) is 29.4 Å². The van der Waals surface area contributed by atoms with Crippen LogP contribution in [0.3, 0.4) is 0 Å². The molecule has 105 heavy (non-hydrogen) atoms. The van der Waals surface area contributed by atoms with Crippen LogP contribution in [0.1, 0.15) is 167 Å². The number of carboxylic acids is 2. The number of aliphatic hydroxyl groups is 1. The quantitative estimate of drug-likeness (QED) is 0.0132. The monoisotopic (exact) mass is 1530 g/mol. The van der Waals surface area contributed by atoms with E-state index in [2.05, 4.69) is 64.8 Å². The van der Waals surface area contributed by atoms with E-state index in [9.17, 15) is 106 Å². The highest BCUT2D eigenvalue weighted by molar-refractivity contribution is 6.37. The Labute approximate surface area is 615 Å². The van der Waals surface area contributed by atoms with Gasteiger partial charge in [-0.3, -0.25) is 86.3 Å². The van der Waals surface area contributed by atoms with Gasteiger partial charge < -0.3 is 88.4 Å². The fourth-order valence-electron chi connectivity index (χ4n) is 10.8. The molecule has 1 heterocycles. The van der Waals surface area contributed by atoms with E-state index in [1.54, 1.807) is 13.8 Å². The summed E-state index contributed by atoms with van der Waals surface area (Å²) in [6.07, 6.45) is -2.78. The van der Waals surface area contributed by atoms with E-state index in [0.29, 0.717) is 19.3 Å². The summed E-state index contributed by atoms with van der Waals surface area (Å²) < 4.78 is 15.3. The second kappa shape index (κ2) is 48.3. The molecule has 1 saturated heterocycles. The van der Waals surface area contributed by atoms with E-state index in [-0.39, 0.29) is 60.0 Å². The molecule has 0 bridgehead atoms. The highest BCUT2D eigenvalue weighted by atomic mass is 35.5. The number of anilines is 1. The average Bonchev–Trinajstić information content (AvgIpc) is 0.819. The molecule has 0 aliphatic carbocycles. The third kappa shape index (κ3) is 33.7. The Hall–Kier alpha value is -9.71. The number of esters is 1. The number of halogens is 2. The minimum atomic E-state index is -2.30. The summed E-state index contributed by atoms with van der Waals surface area (Å²) in [4.78, 5) is 257. The Morgan fingerprint density at radius 3 is 1.84 bits per heavy atom. The number of unbranched alkanes of at least 4 members (excludes halogenated alkanes) is 7. The molecule has 1 aliphatic rings. The molecule has 10 amide bonds. The van der Waals surface area contributed by atoms with Gasteiger partial charge >= 0.3 is 17.9 Å². The van der Waals surface area contributed by atoms with Crippen LogP contribution < -0.4 is 58.9 Å². The van der Waals surface area contributed by atoms with Gasteiger partial charge in [0.05, 0.1) is 67.2 Å². The lowest BCUT2D eigenvalue weighted by Crippen LogP contribution is -2.57. The molecule has 0 spiro atoms. The van der Waals surface area contributed by atoms with E-state index < -0.39 is 250 Å². The van der Waals surface area contributed by atoms with Gasteiger partial charge in [0.2, 0.25) is 59.1 Å². The topological polar surface area (TPSA) is 559 Å². The van der Waals surface area contributed by atoms with Crippen molar-refractivity contribution in [2.75, 3.05) is 44.8 Å². The summed E-state index contributed by atoms with van der Waals surface area (Å²) in [5, 5.41) is 53.4. The lowest BCUT2D eigenvalue weighted by Gasteiger charge is -2.29. The van der Waals surface area contributed by atoms with Crippen molar-refractivity contribution in [3.8, 4) is 0 Å². The Bertz CT molecular complexity index is 3270. The molecule has 1 fully saturated rings. The molecule has 0 saturated carbocycles. The number of aliphatic hydroxyl groups excluding tert-OH is 1. The number of nitrogens with two attached hydrogens (primary N) is 1. The molecule has 0 radical (unpaired) electrons. The van der Waals surface area contributed by atoms with Gasteiger partial charge in [0, 0.05) is 61.6 Å². The van der Waals surface area contributed by atoms with Crippen LogP contribution >= 0.6 is 23.2 Å². The maximum atomic E-state index is 14.9. The number of carboxylic acid groups (broad SMARTS) is 2. The van der Waals surface area contributed by atoms with E-state index >= 15 is 0 Å². The molecule has 0 aromatic heterocycles. The molecule has 584 valence electrons. The maximum absolute atomic E-state index is 14.9. The molecule has 1 aliphatic heterocycles. The number of hydrogen-bond donors (Lipinski definition) is 14. The zero-order valence-electron chi connectivity index (χ0n) is 59.4. The first kappa shape index (κ1) is 91.4. The standard InChI is InChI=1S/C67H97Cl2N11O25/c1-7-10-12-13-14-15-16-18-54(89)76-45(27-53(70)88)51(86)20-38(22-58(94)95)62(97)80-59-37(6)105-67(102)46(26-49(84)42-23-40(68)24-43(69)60(42)71-9-3)78-64(99)41(35(4)19-57(92)93)25-52(87)47(30-81)77-56(91)28-72-65(100)48(32-104-34-83)79-61(96)36(5)74-63(98)39(31-103-33-82)21-50(85)44(17-11-8-2)75-55(90)29-73-66(59)101/h23-24,33-39,41,44-48,59,71,81H,7-22,25-32H2,1-6H3,(H2,70,88)(H,72,100)(H,73,101)(H,74,98)(H,75,90)(H,76,89)(H,77,91)(H,78,99)(H,79,96)(H,80,97)(H,92,93)(H,94,95)/t35-,36-,37-,38+,39+,41+,44+,45-,46+,47-,48+,59+/m1/s1. The number of carbonyl (C=O) groups excluding carboxylic acids is 17. The van der Waals surface area contributed by atoms with Crippen molar-refractivity contribution in [1.82, 2.24) is 47.9 Å². The molecule has 36 nitrogen and oxygen atoms in total. The predicted molar refractivity (Wildman–Crippen MR) is 370 cm³/mol. The molecule has 1 aromatic rings. The number of nitrogens with one attached hydrogen (secondary N) is 10. The number of amides is 10. The third-order valence-electron chi connectivity index (χ3n) is 16.6. The highest BCUT2D eigenvalue weighted by Gasteiger charge is 2.41. The smallest absolute Gasteiger partial charge is 0.329 e. The maximum Gasteiger partial charge on any atom is 0.329 e. The van der Waals surface area contributed by atoms with Crippen LogP contribution in [0.25, 0.3) is 0 Å². The van der Waals surface area contributed by atoms with Gasteiger partial charge in [0.15, 0.2) is 23.1 Å². The zero-order valence-corrected chi connectivity index (χ0v) is 60.9. The van der Waals surface area contributed by atoms with Gasteiger partial charge in [-0.05, 0) is 51.7 Å². The number of hydrogen-bond acceptors (Lipinski definition) is 24. The third-order valence-corrected chi connectivity index (χ3v) is 17.1. The van der Waals surface area contributed by atoms with Crippen molar-refractivity contribution in [2.45, 2.75) is 206 Å². The molecule has 12 atom stereocenters. The molecular weight excluding hydrogens is 1430 g/mol. The minimum absolute atomic E-state index is 0.0279. The van der Waals surface area contributed by atoms with E-state index in [0.717, 1.165) is 52.0 Å². The van der Waals surface area contributed by atoms with Crippen LogP contribution in [0.4, 0.5) is 5.69 Å². The zero-order chi connectivity index (χ0) is 79.0. The van der Waals surface area contributed by atoms with Crippen molar-refractivity contribution in [3.05, 3.63) is 27.7 Å². The molecular formula is C67H97Cl2N11O25. The number of carbonyl (C=O) groups is 19. The second-order valence-electron chi connectivity index (χ2n) is 25.2. The first-order chi connectivity index (χ1) is 49.6. The van der Waals surface area contributed by atoms with Gasteiger partial charge in [0.1, 0.15) is 49.5 Å². The first-order valence-corrected chi connectivity index (χ1v) is 35.0. The van der Waals surface area contributed by atoms with Crippen LogP contribution in [0.2, 0.25) is 10.0 Å². The van der Waals surface area contributed by atoms with Crippen LogP contribution in [-0.4, -0.2) is 216 Å². The number of aliphatic carboxylic acids is 2. The first-order valence-electron chi connectivity index (χ1n) is 34.3. The Morgan fingerprint density at radius 2 is 1.25 bits per heavy atom. The van der Waals surface area contributed by atoms with E-state index in [1.807, 2.05) is 0 Å². The molecule has 38 heteroatoms. The van der Waals surface area contributed by atoms with Crippen LogP contribution in [0, 0.1) is 23.7 Å². The largest absolute Gasteiger partial charge is 0.481 e. The fourth-order valence-corrected chi connectivity index (χ4v) is 11.4. The summed E-state index contributed by atoms with van der Waals surface area (Å²) in [6, 6.07) is -10.7. The summed E-state index contributed by atoms with van der Waals surface area (Å²) in [5.74, 6) is -27.7. The Balaban J connectivity index is 3.01. The molecule has 2 rings (SSSR count). The SMILES string of the molecule is CCCCCCCCCC(=O)N[C@H](CC(N)=O)C(=O)C[C@@H](CC(=O)O)C(=O)N[C@@H]1C(=O)NCC(=O)N[C@@H](CCCC)C(=O)C[C@@H](COC=O)C(=O)N[C@H](C)C(=O)N[C@@H](COC=O)C(=O)NCC(=O)N[C@H](CO)C(=O)C[C@@H]([C@H](C)CC(=O)O)C(=O)N[C@@H](CC(=O)c2cc(Cl)cc(Cl)c2NCC)C(=O)O[C@@H]1C. The number of benzene rings is 1. The number of Topliss-reactive ketones (excluding diaryl/α,β-unsaturated/α-hetero) is 4. The molecule has 0 unspecified atom stereocenters. The summed E-state index contributed by atoms with van der Waals surface area (Å²) >= 11 is 12.8. The Morgan fingerprint density at radius 1 is 0.667 bits per heavy atom. The van der Waals surface area contributed by atoms with Crippen molar-refractivity contribution < 1.29 is 121 Å². The van der Waals surface area contributed by atoms with Gasteiger partial charge in [-0.25, -0.2) is 4.79 Å². The average molecular weight is 1530 g/mol. The Kier molecular flexibility index (Phi) is 42.1. The van der Waals surface area contributed by atoms with E-state index in [4.69, 9.17) is 38.4 Å². The summed E-state index contributed by atoms with van der Waals surface area (Å²) in [7, 11) is 0. The normalized spacial score (nSPS) is 21.9.